The zero-order chi connectivity index (χ0) is 23.6. The Kier molecular flexibility index (Phi) is 8.13. The van der Waals surface area contributed by atoms with Crippen LogP contribution in [0.3, 0.4) is 0 Å². The van der Waals surface area contributed by atoms with Crippen LogP contribution in [-0.2, 0) is 4.79 Å². The lowest BCUT2D eigenvalue weighted by atomic mass is 10.2. The van der Waals surface area contributed by atoms with E-state index in [-0.39, 0.29) is 18.3 Å². The van der Waals surface area contributed by atoms with E-state index in [1.807, 2.05) is 12.1 Å². The van der Waals surface area contributed by atoms with Crippen LogP contribution in [-0.4, -0.2) is 38.7 Å². The third-order valence-corrected chi connectivity index (χ3v) is 4.61. The van der Waals surface area contributed by atoms with Crippen LogP contribution in [0.15, 0.2) is 77.0 Å². The molecule has 0 saturated heterocycles. The summed E-state index contributed by atoms with van der Waals surface area (Å²) < 4.78 is 21.5. The van der Waals surface area contributed by atoms with Crippen molar-refractivity contribution in [1.29, 1.82) is 0 Å². The molecular weight excluding hydrogens is 424 g/mol. The van der Waals surface area contributed by atoms with Crippen LogP contribution in [0.4, 0.5) is 0 Å². The van der Waals surface area contributed by atoms with E-state index in [1.165, 1.54) is 12.3 Å². The fraction of sp³-hybridized carbons (Fsp3) is 0.200. The number of hydrogen-bond acceptors (Lipinski definition) is 6. The first-order valence-corrected chi connectivity index (χ1v) is 10.3. The maximum atomic E-state index is 12.9. The lowest BCUT2D eigenvalue weighted by molar-refractivity contribution is -0.118. The molecule has 0 radical (unpaired) electrons. The van der Waals surface area contributed by atoms with E-state index < -0.39 is 11.8 Å². The predicted octanol–water partition coefficient (Wildman–Crippen LogP) is 3.65. The summed E-state index contributed by atoms with van der Waals surface area (Å²) in [7, 11) is 3.10. The van der Waals surface area contributed by atoms with Crippen molar-refractivity contribution in [3.8, 4) is 17.2 Å². The number of carbonyl (C=O) groups excluding carboxylic acids is 2. The Morgan fingerprint density at radius 1 is 0.970 bits per heavy atom. The van der Waals surface area contributed by atoms with Gasteiger partial charge in [0.2, 0.25) is 0 Å². The zero-order valence-corrected chi connectivity index (χ0v) is 18.7. The molecule has 172 valence electrons. The minimum absolute atomic E-state index is 0.0370. The van der Waals surface area contributed by atoms with Crippen molar-refractivity contribution >= 4 is 17.9 Å². The van der Waals surface area contributed by atoms with Gasteiger partial charge in [-0.2, -0.15) is 0 Å². The summed E-state index contributed by atoms with van der Waals surface area (Å²) in [6, 6.07) is 16.8. The average Bonchev–Trinajstić information content (AvgIpc) is 3.35. The van der Waals surface area contributed by atoms with Gasteiger partial charge in [0.05, 0.1) is 26.5 Å². The topological polar surface area (TPSA) is 99.0 Å². The number of furan rings is 1. The zero-order valence-electron chi connectivity index (χ0n) is 18.7. The van der Waals surface area contributed by atoms with E-state index in [4.69, 9.17) is 18.6 Å². The van der Waals surface area contributed by atoms with Crippen LogP contribution in [0.25, 0.3) is 6.08 Å². The Hall–Kier alpha value is -4.20. The van der Waals surface area contributed by atoms with Crippen molar-refractivity contribution in [3.63, 3.8) is 0 Å². The molecule has 2 amide bonds. The van der Waals surface area contributed by atoms with Crippen LogP contribution in [0.1, 0.15) is 23.0 Å². The summed E-state index contributed by atoms with van der Waals surface area (Å²) in [6.45, 7) is 2.00. The lowest BCUT2D eigenvalue weighted by Crippen LogP contribution is -2.41. The number of hydrogen-bond donors (Lipinski definition) is 2. The molecule has 8 nitrogen and oxygen atoms in total. The maximum absolute atomic E-state index is 12.9. The van der Waals surface area contributed by atoms with Gasteiger partial charge >= 0.3 is 0 Å². The summed E-state index contributed by atoms with van der Waals surface area (Å²) in [5.74, 6) is 1.29. The summed E-state index contributed by atoms with van der Waals surface area (Å²) in [4.78, 5) is 25.7. The van der Waals surface area contributed by atoms with Gasteiger partial charge in [-0.3, -0.25) is 9.59 Å². The van der Waals surface area contributed by atoms with Crippen molar-refractivity contribution < 1.29 is 28.2 Å². The molecule has 3 aromatic rings. The summed E-state index contributed by atoms with van der Waals surface area (Å²) in [6.07, 6.45) is 2.95. The number of nitrogens with one attached hydrogen (secondary N) is 2. The Balaban J connectivity index is 1.68. The third kappa shape index (κ3) is 6.64. The Morgan fingerprint density at radius 3 is 2.33 bits per heavy atom. The van der Waals surface area contributed by atoms with Gasteiger partial charge in [0.15, 0.2) is 11.5 Å². The summed E-state index contributed by atoms with van der Waals surface area (Å²) in [5.41, 5.74) is 0.413. The average molecular weight is 450 g/mol. The number of amides is 2. The van der Waals surface area contributed by atoms with E-state index in [0.717, 1.165) is 0 Å². The molecule has 33 heavy (non-hydrogen) atoms. The van der Waals surface area contributed by atoms with Crippen LogP contribution in [0.5, 0.6) is 17.2 Å². The molecule has 0 bridgehead atoms. The van der Waals surface area contributed by atoms with E-state index in [2.05, 4.69) is 10.6 Å². The number of methoxy groups -OCH3 is 2. The number of para-hydroxylation sites is 2. The maximum Gasteiger partial charge on any atom is 0.268 e. The molecule has 0 aliphatic rings. The summed E-state index contributed by atoms with van der Waals surface area (Å²) >= 11 is 0. The molecule has 1 atom stereocenters. The second-order valence-corrected chi connectivity index (χ2v) is 7.09. The van der Waals surface area contributed by atoms with E-state index in [1.54, 1.807) is 69.7 Å². The minimum Gasteiger partial charge on any atom is -0.497 e. The van der Waals surface area contributed by atoms with Crippen LogP contribution < -0.4 is 24.8 Å². The van der Waals surface area contributed by atoms with Crippen molar-refractivity contribution in [2.75, 3.05) is 20.8 Å². The number of rotatable bonds is 10. The van der Waals surface area contributed by atoms with E-state index >= 15 is 0 Å². The molecule has 3 rings (SSSR count). The van der Waals surface area contributed by atoms with Crippen molar-refractivity contribution in [1.82, 2.24) is 10.6 Å². The highest BCUT2D eigenvalue weighted by atomic mass is 16.5. The van der Waals surface area contributed by atoms with Crippen LogP contribution in [0.2, 0.25) is 0 Å². The highest BCUT2D eigenvalue weighted by Gasteiger charge is 2.18. The first kappa shape index (κ1) is 23.5. The molecule has 0 aliphatic heterocycles. The molecule has 1 aromatic heterocycles. The van der Waals surface area contributed by atoms with Gasteiger partial charge in [0.1, 0.15) is 23.8 Å². The largest absolute Gasteiger partial charge is 0.497 e. The van der Waals surface area contributed by atoms with Gasteiger partial charge in [-0.1, -0.05) is 12.1 Å². The third-order valence-electron chi connectivity index (χ3n) is 4.61. The molecule has 0 spiro atoms. The van der Waals surface area contributed by atoms with E-state index in [0.29, 0.717) is 28.6 Å². The van der Waals surface area contributed by atoms with Gasteiger partial charge in [-0.25, -0.2) is 0 Å². The quantitative estimate of drug-likeness (QED) is 0.458. The second-order valence-electron chi connectivity index (χ2n) is 7.09. The molecule has 1 unspecified atom stereocenters. The molecule has 0 saturated carbocycles. The lowest BCUT2D eigenvalue weighted by Gasteiger charge is -2.18. The molecular formula is C25H26N2O6. The Morgan fingerprint density at radius 2 is 1.70 bits per heavy atom. The van der Waals surface area contributed by atoms with Gasteiger partial charge in [-0.15, -0.1) is 0 Å². The van der Waals surface area contributed by atoms with Gasteiger partial charge in [0.25, 0.3) is 11.8 Å². The van der Waals surface area contributed by atoms with Crippen molar-refractivity contribution in [2.24, 2.45) is 0 Å². The molecule has 0 fully saturated rings. The fourth-order valence-electron chi connectivity index (χ4n) is 2.91. The molecule has 1 heterocycles. The fourth-order valence-corrected chi connectivity index (χ4v) is 2.91. The predicted molar refractivity (Wildman–Crippen MR) is 123 cm³/mol. The van der Waals surface area contributed by atoms with Crippen molar-refractivity contribution in [3.05, 3.63) is 83.9 Å². The van der Waals surface area contributed by atoms with E-state index in [9.17, 15) is 9.59 Å². The molecule has 0 aliphatic carbocycles. The number of ether oxygens (including phenoxy) is 3. The normalized spacial score (nSPS) is 11.9. The molecule has 2 aromatic carbocycles. The second kappa shape index (κ2) is 11.4. The minimum atomic E-state index is -0.482. The van der Waals surface area contributed by atoms with Gasteiger partial charge < -0.3 is 29.3 Å². The molecule has 8 heteroatoms. The number of benzene rings is 2. The first-order valence-electron chi connectivity index (χ1n) is 10.3. The monoisotopic (exact) mass is 450 g/mol. The van der Waals surface area contributed by atoms with Crippen LogP contribution in [0, 0.1) is 0 Å². The van der Waals surface area contributed by atoms with Crippen LogP contribution >= 0.6 is 0 Å². The summed E-state index contributed by atoms with van der Waals surface area (Å²) in [5, 5.41) is 5.48. The van der Waals surface area contributed by atoms with Gasteiger partial charge in [0, 0.05) is 11.6 Å². The van der Waals surface area contributed by atoms with Gasteiger partial charge in [-0.05, 0) is 55.5 Å². The smallest absolute Gasteiger partial charge is 0.268 e. The van der Waals surface area contributed by atoms with Crippen molar-refractivity contribution in [2.45, 2.75) is 13.0 Å². The highest BCUT2D eigenvalue weighted by molar-refractivity contribution is 6.05. The SMILES string of the molecule is COc1ccc(C(=O)N/C(=C\c2ccco2)C(=O)NC(C)COc2ccccc2OC)cc1. The number of carbonyl (C=O) groups is 2. The standard InChI is InChI=1S/C25H26N2O6/c1-17(16-33-23-9-5-4-8-22(23)31-3)26-25(29)21(15-20-7-6-14-32-20)27-24(28)18-10-12-19(30-2)13-11-18/h4-15,17H,16H2,1-3H3,(H,26,29)(H,27,28)/b21-15-. The first-order chi connectivity index (χ1) is 16.0. The Bertz CT molecular complexity index is 1090. The molecule has 2 N–H and O–H groups in total. The highest BCUT2D eigenvalue weighted by Crippen LogP contribution is 2.25. The Labute approximate surface area is 192 Å².